The summed E-state index contributed by atoms with van der Waals surface area (Å²) in [4.78, 5) is 23.6. The van der Waals surface area contributed by atoms with Gasteiger partial charge < -0.3 is 10.2 Å². The molecule has 31 heavy (non-hydrogen) atoms. The average Bonchev–Trinajstić information content (AvgIpc) is 3.14. The van der Waals surface area contributed by atoms with Crippen LogP contribution in [0.2, 0.25) is 0 Å². The molecule has 0 radical (unpaired) electrons. The summed E-state index contributed by atoms with van der Waals surface area (Å²) in [6.07, 6.45) is 0.424. The Labute approximate surface area is 184 Å². The van der Waals surface area contributed by atoms with Gasteiger partial charge in [0.2, 0.25) is 12.4 Å². The lowest BCUT2D eigenvalue weighted by Gasteiger charge is -2.34. The van der Waals surface area contributed by atoms with Crippen molar-refractivity contribution in [2.75, 3.05) is 37.8 Å². The number of carbonyl (C=O) groups is 1. The fourth-order valence-electron chi connectivity index (χ4n) is 3.58. The van der Waals surface area contributed by atoms with E-state index in [0.717, 1.165) is 43.5 Å². The molecular weight excluding hydrogens is 456 g/mol. The molecule has 0 unspecified atom stereocenters. The van der Waals surface area contributed by atoms with E-state index in [9.17, 15) is 22.4 Å². The molecule has 4 rings (SSSR count). The lowest BCUT2D eigenvalue weighted by atomic mass is 10.0. The first kappa shape index (κ1) is 22.2. The summed E-state index contributed by atoms with van der Waals surface area (Å²) in [5.41, 5.74) is -1.57. The number of rotatable bonds is 6. The van der Waals surface area contributed by atoms with E-state index in [1.165, 1.54) is 4.90 Å². The summed E-state index contributed by atoms with van der Waals surface area (Å²) in [5.74, 6) is -1.14. The SMILES string of the molecule is CSN1CCC(Nc2ncc(F)c(-c3sc(C4CN(C=O)C4)nc3C(F)(F)F)n2)CC1. The van der Waals surface area contributed by atoms with Gasteiger partial charge in [-0.25, -0.2) is 19.3 Å². The van der Waals surface area contributed by atoms with Gasteiger partial charge in [0.05, 0.1) is 11.1 Å². The number of alkyl halides is 3. The van der Waals surface area contributed by atoms with Crippen molar-refractivity contribution in [2.24, 2.45) is 0 Å². The van der Waals surface area contributed by atoms with Crippen LogP contribution in [0, 0.1) is 5.82 Å². The van der Waals surface area contributed by atoms with Crippen LogP contribution < -0.4 is 5.32 Å². The zero-order valence-electron chi connectivity index (χ0n) is 16.5. The van der Waals surface area contributed by atoms with E-state index in [2.05, 4.69) is 24.6 Å². The smallest absolute Gasteiger partial charge is 0.351 e. The van der Waals surface area contributed by atoms with Gasteiger partial charge in [-0.1, -0.05) is 11.9 Å². The Morgan fingerprint density at radius 3 is 2.58 bits per heavy atom. The molecule has 0 saturated carbocycles. The molecule has 2 fully saturated rings. The third kappa shape index (κ3) is 4.77. The predicted octanol–water partition coefficient (Wildman–Crippen LogP) is 3.47. The number of halogens is 4. The molecule has 0 aliphatic carbocycles. The zero-order valence-corrected chi connectivity index (χ0v) is 18.2. The minimum Gasteiger partial charge on any atom is -0.351 e. The maximum Gasteiger partial charge on any atom is 0.434 e. The molecule has 7 nitrogen and oxygen atoms in total. The topological polar surface area (TPSA) is 74.2 Å². The van der Waals surface area contributed by atoms with Gasteiger partial charge in [-0.2, -0.15) is 13.2 Å². The standard InChI is InChI=1S/C18H20F4N6OS2/c1-30-28-4-2-11(3-5-28)24-17-23-6-12(19)13(25-17)14-15(18(20,21)22)26-16(31-14)10-7-27(8-10)9-29/h6,9-11H,2-5,7-8H2,1H3,(H,23,24,25). The molecule has 2 saturated heterocycles. The molecule has 13 heteroatoms. The molecule has 168 valence electrons. The Balaban J connectivity index is 1.60. The third-order valence-corrected chi connectivity index (χ3v) is 7.43. The number of anilines is 1. The molecule has 0 aromatic carbocycles. The van der Waals surface area contributed by atoms with E-state index < -0.39 is 23.4 Å². The molecule has 2 aromatic rings. The van der Waals surface area contributed by atoms with Crippen molar-refractivity contribution in [3.05, 3.63) is 22.7 Å². The van der Waals surface area contributed by atoms with E-state index in [1.54, 1.807) is 11.9 Å². The Kier molecular flexibility index (Phi) is 6.35. The van der Waals surface area contributed by atoms with Gasteiger partial charge in [0.25, 0.3) is 0 Å². The minimum absolute atomic E-state index is 0.0603. The van der Waals surface area contributed by atoms with E-state index in [1.807, 2.05) is 6.26 Å². The number of hydrogen-bond donors (Lipinski definition) is 1. The van der Waals surface area contributed by atoms with Crippen LogP contribution in [0.25, 0.3) is 10.6 Å². The van der Waals surface area contributed by atoms with Crippen molar-refractivity contribution >= 4 is 35.6 Å². The normalized spacial score (nSPS) is 18.8. The first-order chi connectivity index (χ1) is 14.8. The Bertz CT molecular complexity index is 942. The average molecular weight is 477 g/mol. The molecule has 0 spiro atoms. The highest BCUT2D eigenvalue weighted by Crippen LogP contribution is 2.43. The molecular formula is C18H20F4N6OS2. The highest BCUT2D eigenvalue weighted by atomic mass is 32.2. The third-order valence-electron chi connectivity index (χ3n) is 5.32. The zero-order chi connectivity index (χ0) is 22.2. The highest BCUT2D eigenvalue weighted by molar-refractivity contribution is 7.96. The number of nitrogens with one attached hydrogen (secondary N) is 1. The lowest BCUT2D eigenvalue weighted by molar-refractivity contribution is -0.140. The second-order valence-electron chi connectivity index (χ2n) is 7.40. The predicted molar refractivity (Wildman–Crippen MR) is 110 cm³/mol. The van der Waals surface area contributed by atoms with E-state index in [-0.39, 0.29) is 27.8 Å². The summed E-state index contributed by atoms with van der Waals surface area (Å²) in [6, 6.07) is 0.0603. The van der Waals surface area contributed by atoms with Gasteiger partial charge in [-0.3, -0.25) is 9.10 Å². The van der Waals surface area contributed by atoms with Crippen LogP contribution in [-0.2, 0) is 11.0 Å². The molecule has 1 N–H and O–H groups in total. The molecule has 0 bridgehead atoms. The van der Waals surface area contributed by atoms with Crippen LogP contribution in [0.5, 0.6) is 0 Å². The summed E-state index contributed by atoms with van der Waals surface area (Å²) in [5, 5.41) is 3.34. The monoisotopic (exact) mass is 476 g/mol. The first-order valence-corrected chi connectivity index (χ1v) is 11.6. The highest BCUT2D eigenvalue weighted by Gasteiger charge is 2.41. The van der Waals surface area contributed by atoms with E-state index >= 15 is 0 Å². The van der Waals surface area contributed by atoms with Gasteiger partial charge in [-0.05, 0) is 19.1 Å². The van der Waals surface area contributed by atoms with Crippen molar-refractivity contribution in [2.45, 2.75) is 31.0 Å². The lowest BCUT2D eigenvalue weighted by Crippen LogP contribution is -2.43. The number of thiazole rings is 1. The molecule has 4 heterocycles. The van der Waals surface area contributed by atoms with Crippen molar-refractivity contribution < 1.29 is 22.4 Å². The van der Waals surface area contributed by atoms with Gasteiger partial charge >= 0.3 is 6.18 Å². The molecule has 2 aliphatic rings. The molecule has 1 amide bonds. The van der Waals surface area contributed by atoms with Crippen LogP contribution >= 0.6 is 23.3 Å². The molecule has 2 aliphatic heterocycles. The van der Waals surface area contributed by atoms with Crippen LogP contribution in [0.3, 0.4) is 0 Å². The maximum absolute atomic E-state index is 14.5. The van der Waals surface area contributed by atoms with Gasteiger partial charge in [-0.15, -0.1) is 11.3 Å². The fourth-order valence-corrected chi connectivity index (χ4v) is 5.32. The Hall–Kier alpha value is -1.99. The Morgan fingerprint density at radius 1 is 1.26 bits per heavy atom. The van der Waals surface area contributed by atoms with Crippen LogP contribution in [0.15, 0.2) is 6.20 Å². The van der Waals surface area contributed by atoms with Gasteiger partial charge in [0, 0.05) is 38.1 Å². The van der Waals surface area contributed by atoms with Gasteiger partial charge in [0.1, 0.15) is 10.7 Å². The fraction of sp³-hybridized carbons (Fsp3) is 0.556. The summed E-state index contributed by atoms with van der Waals surface area (Å²) in [7, 11) is 0. The number of hydrogen-bond acceptors (Lipinski definition) is 8. The van der Waals surface area contributed by atoms with Crippen molar-refractivity contribution in [1.82, 2.24) is 24.2 Å². The Morgan fingerprint density at radius 2 is 1.97 bits per heavy atom. The van der Waals surface area contributed by atoms with Crippen molar-refractivity contribution in [3.63, 3.8) is 0 Å². The number of piperidine rings is 1. The minimum atomic E-state index is -4.76. The number of nitrogens with zero attached hydrogens (tertiary/aromatic N) is 5. The quantitative estimate of drug-likeness (QED) is 0.389. The van der Waals surface area contributed by atoms with Crippen LogP contribution in [0.1, 0.15) is 29.5 Å². The van der Waals surface area contributed by atoms with E-state index in [4.69, 9.17) is 0 Å². The number of carbonyl (C=O) groups excluding carboxylic acids is 1. The molecule has 0 atom stereocenters. The van der Waals surface area contributed by atoms with Crippen LogP contribution in [0.4, 0.5) is 23.5 Å². The maximum atomic E-state index is 14.5. The number of amides is 1. The summed E-state index contributed by atoms with van der Waals surface area (Å²) < 4.78 is 57.7. The first-order valence-electron chi connectivity index (χ1n) is 9.64. The largest absolute Gasteiger partial charge is 0.434 e. The van der Waals surface area contributed by atoms with Crippen LogP contribution in [-0.4, -0.2) is 69.0 Å². The summed E-state index contributed by atoms with van der Waals surface area (Å²) >= 11 is 2.43. The number of aromatic nitrogens is 3. The second-order valence-corrected chi connectivity index (χ2v) is 9.32. The number of likely N-dealkylation sites (tertiary alicyclic amines) is 1. The van der Waals surface area contributed by atoms with Gasteiger partial charge in [0.15, 0.2) is 11.5 Å². The van der Waals surface area contributed by atoms with E-state index in [0.29, 0.717) is 19.5 Å². The molecule has 2 aromatic heterocycles. The van der Waals surface area contributed by atoms with Crippen molar-refractivity contribution in [3.8, 4) is 10.6 Å². The summed E-state index contributed by atoms with van der Waals surface area (Å²) in [6.45, 7) is 2.31. The second kappa shape index (κ2) is 8.87. The van der Waals surface area contributed by atoms with Crippen molar-refractivity contribution in [1.29, 1.82) is 0 Å².